The topological polar surface area (TPSA) is 67.5 Å². The molecule has 2 aliphatic rings. The molecular weight excluding hydrogens is 294 g/mol. The van der Waals surface area contributed by atoms with Crippen LogP contribution in [0.1, 0.15) is 55.1 Å². The average Bonchev–Trinajstić information content (AvgIpc) is 2.92. The number of H-pyrrole nitrogens is 1. The van der Waals surface area contributed by atoms with Crippen LogP contribution in [0.3, 0.4) is 0 Å². The van der Waals surface area contributed by atoms with Crippen LogP contribution in [0.25, 0.3) is 0 Å². The van der Waals surface area contributed by atoms with E-state index >= 15 is 0 Å². The molecule has 0 bridgehead atoms. The van der Waals surface area contributed by atoms with E-state index in [0.717, 1.165) is 29.8 Å². The molecule has 1 aromatic heterocycles. The zero-order valence-corrected chi connectivity index (χ0v) is 14.1. The van der Waals surface area contributed by atoms with Crippen molar-refractivity contribution in [2.75, 3.05) is 26.4 Å². The van der Waals surface area contributed by atoms with Crippen molar-refractivity contribution in [1.82, 2.24) is 15.1 Å². The first-order chi connectivity index (χ1) is 11.2. The summed E-state index contributed by atoms with van der Waals surface area (Å²) >= 11 is 0. The summed E-state index contributed by atoms with van der Waals surface area (Å²) in [6.45, 7) is 5.86. The predicted molar refractivity (Wildman–Crippen MR) is 86.2 cm³/mol. The van der Waals surface area contributed by atoms with Gasteiger partial charge in [0.15, 0.2) is 0 Å². The molecule has 1 unspecified atom stereocenters. The van der Waals surface area contributed by atoms with Gasteiger partial charge in [-0.15, -0.1) is 0 Å². The lowest BCUT2D eigenvalue weighted by molar-refractivity contribution is -0.147. The Morgan fingerprint density at radius 1 is 1.35 bits per heavy atom. The van der Waals surface area contributed by atoms with E-state index in [1.54, 1.807) is 0 Å². The van der Waals surface area contributed by atoms with Crippen molar-refractivity contribution in [2.24, 2.45) is 0 Å². The van der Waals surface area contributed by atoms with Gasteiger partial charge in [0.1, 0.15) is 6.61 Å². The molecule has 1 atom stereocenters. The van der Waals surface area contributed by atoms with Gasteiger partial charge in [0.05, 0.1) is 31.1 Å². The van der Waals surface area contributed by atoms with Gasteiger partial charge in [-0.05, 0) is 26.7 Å². The molecule has 2 heterocycles. The molecule has 1 aromatic rings. The van der Waals surface area contributed by atoms with Crippen molar-refractivity contribution in [1.29, 1.82) is 0 Å². The van der Waals surface area contributed by atoms with Gasteiger partial charge >= 0.3 is 0 Å². The van der Waals surface area contributed by atoms with E-state index in [0.29, 0.717) is 19.8 Å². The maximum atomic E-state index is 12.7. The molecule has 0 radical (unpaired) electrons. The number of hydrogen-bond acceptors (Lipinski definition) is 4. The van der Waals surface area contributed by atoms with Crippen molar-refractivity contribution < 1.29 is 14.3 Å². The van der Waals surface area contributed by atoms with Gasteiger partial charge < -0.3 is 14.4 Å². The average molecular weight is 321 g/mol. The van der Waals surface area contributed by atoms with Crippen LogP contribution in [0.2, 0.25) is 0 Å². The number of amides is 1. The third-order valence-corrected chi connectivity index (χ3v) is 4.96. The summed E-state index contributed by atoms with van der Waals surface area (Å²) in [4.78, 5) is 14.6. The molecule has 6 heteroatoms. The Kier molecular flexibility index (Phi) is 5.33. The molecule has 1 aliphatic heterocycles. The molecule has 3 rings (SSSR count). The van der Waals surface area contributed by atoms with Gasteiger partial charge in [-0.25, -0.2) is 0 Å². The predicted octanol–water partition coefficient (Wildman–Crippen LogP) is 2.28. The Labute approximate surface area is 137 Å². The number of carbonyl (C=O) groups is 1. The standard InChI is InChI=1S/C17H27N3O3/c1-12-17(13(2)19-18-12)15-10-22-9-8-20(15)16(21)11-23-14-6-4-3-5-7-14/h14-15H,3-11H2,1-2H3,(H,18,19). The Hall–Kier alpha value is -1.40. The number of carbonyl (C=O) groups excluding carboxylic acids is 1. The molecule has 1 amide bonds. The van der Waals surface area contributed by atoms with E-state index in [9.17, 15) is 4.79 Å². The number of morpholine rings is 1. The molecule has 1 N–H and O–H groups in total. The Morgan fingerprint density at radius 3 is 2.83 bits per heavy atom. The second kappa shape index (κ2) is 7.45. The Balaban J connectivity index is 1.64. The molecule has 1 saturated carbocycles. The number of rotatable bonds is 4. The van der Waals surface area contributed by atoms with Crippen LogP contribution in [-0.2, 0) is 14.3 Å². The first kappa shape index (κ1) is 16.5. The number of ether oxygens (including phenoxy) is 2. The first-order valence-electron chi connectivity index (χ1n) is 8.67. The summed E-state index contributed by atoms with van der Waals surface area (Å²) in [6.07, 6.45) is 6.14. The normalized spacial score (nSPS) is 23.2. The monoisotopic (exact) mass is 321 g/mol. The number of aryl methyl sites for hydroxylation is 2. The lowest BCUT2D eigenvalue weighted by Crippen LogP contribution is -2.45. The number of aromatic amines is 1. The summed E-state index contributed by atoms with van der Waals surface area (Å²) < 4.78 is 11.5. The molecule has 0 spiro atoms. The van der Waals surface area contributed by atoms with E-state index in [1.807, 2.05) is 18.7 Å². The van der Waals surface area contributed by atoms with E-state index in [-0.39, 0.29) is 24.7 Å². The van der Waals surface area contributed by atoms with E-state index in [4.69, 9.17) is 9.47 Å². The summed E-state index contributed by atoms with van der Waals surface area (Å²) in [7, 11) is 0. The highest BCUT2D eigenvalue weighted by Gasteiger charge is 2.32. The first-order valence-corrected chi connectivity index (χ1v) is 8.67. The SMILES string of the molecule is Cc1n[nH]c(C)c1C1COCCN1C(=O)COC1CCCCC1. The molecule has 6 nitrogen and oxygen atoms in total. The van der Waals surface area contributed by atoms with Gasteiger partial charge in [0.25, 0.3) is 0 Å². The van der Waals surface area contributed by atoms with Crippen LogP contribution < -0.4 is 0 Å². The molecule has 0 aromatic carbocycles. The molecule has 1 aliphatic carbocycles. The van der Waals surface area contributed by atoms with Crippen LogP contribution in [-0.4, -0.2) is 53.5 Å². The van der Waals surface area contributed by atoms with E-state index in [2.05, 4.69) is 10.2 Å². The third kappa shape index (κ3) is 3.75. The highest BCUT2D eigenvalue weighted by atomic mass is 16.5. The number of hydrogen-bond donors (Lipinski definition) is 1. The Morgan fingerprint density at radius 2 is 2.13 bits per heavy atom. The van der Waals surface area contributed by atoms with Crippen molar-refractivity contribution in [3.05, 3.63) is 17.0 Å². The minimum Gasteiger partial charge on any atom is -0.377 e. The van der Waals surface area contributed by atoms with Crippen LogP contribution in [0.4, 0.5) is 0 Å². The lowest BCUT2D eigenvalue weighted by Gasteiger charge is -2.36. The zero-order chi connectivity index (χ0) is 16.2. The third-order valence-electron chi connectivity index (χ3n) is 4.96. The highest BCUT2D eigenvalue weighted by Crippen LogP contribution is 2.28. The summed E-state index contributed by atoms with van der Waals surface area (Å²) in [5, 5.41) is 7.26. The molecule has 1 saturated heterocycles. The smallest absolute Gasteiger partial charge is 0.249 e. The number of aromatic nitrogens is 2. The summed E-state index contributed by atoms with van der Waals surface area (Å²) in [5.74, 6) is 0.0591. The van der Waals surface area contributed by atoms with Gasteiger partial charge in [0, 0.05) is 17.8 Å². The maximum absolute atomic E-state index is 12.7. The fourth-order valence-corrected chi connectivity index (χ4v) is 3.70. The zero-order valence-electron chi connectivity index (χ0n) is 14.1. The van der Waals surface area contributed by atoms with Crippen LogP contribution in [0.5, 0.6) is 0 Å². The van der Waals surface area contributed by atoms with E-state index in [1.165, 1.54) is 19.3 Å². The molecule has 2 fully saturated rings. The van der Waals surface area contributed by atoms with Crippen LogP contribution in [0, 0.1) is 13.8 Å². The lowest BCUT2D eigenvalue weighted by atomic mass is 9.98. The second-order valence-electron chi connectivity index (χ2n) is 6.60. The van der Waals surface area contributed by atoms with Gasteiger partial charge in [0.2, 0.25) is 5.91 Å². The fraction of sp³-hybridized carbons (Fsp3) is 0.765. The number of nitrogens with one attached hydrogen (secondary N) is 1. The molecule has 23 heavy (non-hydrogen) atoms. The molecule has 128 valence electrons. The fourth-order valence-electron chi connectivity index (χ4n) is 3.70. The quantitative estimate of drug-likeness (QED) is 0.924. The van der Waals surface area contributed by atoms with E-state index < -0.39 is 0 Å². The van der Waals surface area contributed by atoms with Crippen molar-refractivity contribution in [2.45, 2.75) is 58.1 Å². The largest absolute Gasteiger partial charge is 0.377 e. The van der Waals surface area contributed by atoms with Crippen molar-refractivity contribution >= 4 is 5.91 Å². The highest BCUT2D eigenvalue weighted by molar-refractivity contribution is 5.78. The minimum atomic E-state index is -0.0649. The number of nitrogens with zero attached hydrogens (tertiary/aromatic N) is 2. The van der Waals surface area contributed by atoms with Gasteiger partial charge in [-0.2, -0.15) is 5.10 Å². The molecular formula is C17H27N3O3. The van der Waals surface area contributed by atoms with Crippen molar-refractivity contribution in [3.8, 4) is 0 Å². The minimum absolute atomic E-state index is 0.0591. The second-order valence-corrected chi connectivity index (χ2v) is 6.60. The van der Waals surface area contributed by atoms with Crippen LogP contribution in [0.15, 0.2) is 0 Å². The van der Waals surface area contributed by atoms with Gasteiger partial charge in [-0.1, -0.05) is 19.3 Å². The Bertz CT molecular complexity index is 518. The maximum Gasteiger partial charge on any atom is 0.249 e. The summed E-state index contributed by atoms with van der Waals surface area (Å²) in [5.41, 5.74) is 3.02. The van der Waals surface area contributed by atoms with Crippen molar-refractivity contribution in [3.63, 3.8) is 0 Å². The van der Waals surface area contributed by atoms with Gasteiger partial charge in [-0.3, -0.25) is 9.89 Å². The summed E-state index contributed by atoms with van der Waals surface area (Å²) in [6, 6.07) is -0.0649. The van der Waals surface area contributed by atoms with Crippen LogP contribution >= 0.6 is 0 Å².